The maximum atomic E-state index is 12.7. The van der Waals surface area contributed by atoms with Gasteiger partial charge in [-0.05, 0) is 76.8 Å². The van der Waals surface area contributed by atoms with Crippen molar-refractivity contribution in [2.75, 3.05) is 32.8 Å². The molecule has 316 valence electrons. The minimum Gasteiger partial charge on any atom is -0.466 e. The smallest absolute Gasteiger partial charge is 0.306 e. The van der Waals surface area contributed by atoms with E-state index in [1.54, 1.807) is 0 Å². The lowest BCUT2D eigenvalue weighted by atomic mass is 9.93. The predicted octanol–water partition coefficient (Wildman–Crippen LogP) is 13.7. The minimum atomic E-state index is -0.0217. The first-order chi connectivity index (χ1) is 26.0. The molecular weight excluding hydrogens is 659 g/mol. The lowest BCUT2D eigenvalue weighted by Gasteiger charge is -2.21. The predicted molar refractivity (Wildman–Crippen MR) is 228 cm³/mol. The Bertz CT molecular complexity index is 745. The van der Waals surface area contributed by atoms with Gasteiger partial charge in [-0.15, -0.1) is 0 Å². The maximum absolute atomic E-state index is 12.7. The highest BCUT2D eigenvalue weighted by Crippen LogP contribution is 2.21. The monoisotopic (exact) mass is 752 g/mol. The van der Waals surface area contributed by atoms with Crippen molar-refractivity contribution in [3.8, 4) is 0 Å². The number of hydrogen-bond acceptors (Lipinski definition) is 6. The Kier molecular flexibility index (Phi) is 41.1. The van der Waals surface area contributed by atoms with Crippen LogP contribution in [0.5, 0.6) is 0 Å². The van der Waals surface area contributed by atoms with E-state index in [0.29, 0.717) is 25.4 Å². The van der Waals surface area contributed by atoms with E-state index in [4.69, 9.17) is 9.47 Å². The van der Waals surface area contributed by atoms with E-state index < -0.39 is 0 Å². The van der Waals surface area contributed by atoms with E-state index in [-0.39, 0.29) is 24.6 Å². The molecule has 0 bridgehead atoms. The third-order valence-corrected chi connectivity index (χ3v) is 11.1. The summed E-state index contributed by atoms with van der Waals surface area (Å²) < 4.78 is 11.6. The number of unbranched alkanes of at least 4 members (excludes halogenated alkanes) is 21. The van der Waals surface area contributed by atoms with Crippen molar-refractivity contribution in [1.82, 2.24) is 4.90 Å². The lowest BCUT2D eigenvalue weighted by Crippen LogP contribution is -2.29. The standard InChI is InChI=1S/C47H93NO5/c1-5-9-12-15-19-26-34-45(35-27-20-16-13-10-6-2)53-47(51)37-29-22-18-24-31-40-48(41-42-49)39-30-23-17-21-28-36-46(50)52-43-38-44(32-8-4)33-25-14-11-7-3/h44-45,49H,5-43H2,1-4H3. The molecule has 0 aromatic heterocycles. The second-order valence-electron chi connectivity index (χ2n) is 16.3. The second kappa shape index (κ2) is 42.0. The number of hydrogen-bond donors (Lipinski definition) is 1. The van der Waals surface area contributed by atoms with E-state index in [0.717, 1.165) is 90.3 Å². The first-order valence-corrected chi connectivity index (χ1v) is 23.7. The highest BCUT2D eigenvalue weighted by atomic mass is 16.5. The van der Waals surface area contributed by atoms with Gasteiger partial charge in [-0.2, -0.15) is 0 Å². The quantitative estimate of drug-likeness (QED) is 0.0494. The van der Waals surface area contributed by atoms with E-state index in [1.807, 2.05) is 0 Å². The molecule has 0 aliphatic carbocycles. The van der Waals surface area contributed by atoms with Gasteiger partial charge in [0.15, 0.2) is 0 Å². The van der Waals surface area contributed by atoms with Crippen molar-refractivity contribution < 1.29 is 24.2 Å². The molecule has 0 amide bonds. The molecule has 1 N–H and O–H groups in total. The molecule has 0 spiro atoms. The molecule has 1 atom stereocenters. The van der Waals surface area contributed by atoms with Crippen LogP contribution in [0.3, 0.4) is 0 Å². The largest absolute Gasteiger partial charge is 0.466 e. The summed E-state index contributed by atoms with van der Waals surface area (Å²) in [7, 11) is 0. The SMILES string of the molecule is CCCCCCCCC(CCCCCCCC)OC(=O)CCCCCCCN(CCO)CCCCCCCC(=O)OCCC(CCC)CCCCCC. The molecule has 0 rings (SSSR count). The summed E-state index contributed by atoms with van der Waals surface area (Å²) in [5.74, 6) is 0.696. The fourth-order valence-corrected chi connectivity index (χ4v) is 7.67. The average Bonchev–Trinajstić information content (AvgIpc) is 3.15. The molecule has 0 aromatic carbocycles. The first kappa shape index (κ1) is 51.9. The second-order valence-corrected chi connectivity index (χ2v) is 16.3. The average molecular weight is 752 g/mol. The number of carbonyl (C=O) groups excluding carboxylic acids is 2. The Labute approximate surface area is 331 Å². The molecule has 1 unspecified atom stereocenters. The van der Waals surface area contributed by atoms with Crippen molar-refractivity contribution in [3.05, 3.63) is 0 Å². The van der Waals surface area contributed by atoms with Crippen LogP contribution in [0.4, 0.5) is 0 Å². The van der Waals surface area contributed by atoms with Gasteiger partial charge in [0.2, 0.25) is 0 Å². The summed E-state index contributed by atoms with van der Waals surface area (Å²) >= 11 is 0. The number of esters is 2. The van der Waals surface area contributed by atoms with Crippen LogP contribution in [-0.2, 0) is 19.1 Å². The van der Waals surface area contributed by atoms with Crippen molar-refractivity contribution >= 4 is 11.9 Å². The van der Waals surface area contributed by atoms with Gasteiger partial charge in [0.1, 0.15) is 6.10 Å². The highest BCUT2D eigenvalue weighted by Gasteiger charge is 2.15. The number of aliphatic hydroxyl groups is 1. The molecule has 0 heterocycles. The molecule has 53 heavy (non-hydrogen) atoms. The van der Waals surface area contributed by atoms with Crippen molar-refractivity contribution in [1.29, 1.82) is 0 Å². The van der Waals surface area contributed by atoms with Gasteiger partial charge in [0, 0.05) is 19.4 Å². The number of carbonyl (C=O) groups is 2. The van der Waals surface area contributed by atoms with Gasteiger partial charge < -0.3 is 19.5 Å². The van der Waals surface area contributed by atoms with Gasteiger partial charge in [-0.1, -0.05) is 175 Å². The summed E-state index contributed by atoms with van der Waals surface area (Å²) in [6, 6.07) is 0. The molecule has 0 fully saturated rings. The fourth-order valence-electron chi connectivity index (χ4n) is 7.67. The number of aliphatic hydroxyl groups excluding tert-OH is 1. The van der Waals surface area contributed by atoms with E-state index in [2.05, 4.69) is 32.6 Å². The van der Waals surface area contributed by atoms with Gasteiger partial charge in [0.05, 0.1) is 13.2 Å². The Balaban J connectivity index is 4.03. The third-order valence-electron chi connectivity index (χ3n) is 11.1. The van der Waals surface area contributed by atoms with Crippen LogP contribution in [0.1, 0.15) is 246 Å². The van der Waals surface area contributed by atoms with E-state index in [1.165, 1.54) is 135 Å². The zero-order valence-corrected chi connectivity index (χ0v) is 36.3. The Hall–Kier alpha value is -1.14. The fraction of sp³-hybridized carbons (Fsp3) is 0.957. The van der Waals surface area contributed by atoms with Crippen LogP contribution in [0.2, 0.25) is 0 Å². The third kappa shape index (κ3) is 37.6. The van der Waals surface area contributed by atoms with Gasteiger partial charge >= 0.3 is 11.9 Å². The van der Waals surface area contributed by atoms with Crippen LogP contribution in [-0.4, -0.2) is 60.9 Å². The number of nitrogens with zero attached hydrogens (tertiary/aromatic N) is 1. The Morgan fingerprint density at radius 1 is 0.453 bits per heavy atom. The molecule has 0 aliphatic heterocycles. The molecule has 0 radical (unpaired) electrons. The Morgan fingerprint density at radius 3 is 1.40 bits per heavy atom. The molecular formula is C47H93NO5. The van der Waals surface area contributed by atoms with Gasteiger partial charge in [0.25, 0.3) is 0 Å². The maximum Gasteiger partial charge on any atom is 0.306 e. The molecule has 0 saturated carbocycles. The van der Waals surface area contributed by atoms with Gasteiger partial charge in [-0.25, -0.2) is 0 Å². The number of rotatable bonds is 43. The summed E-state index contributed by atoms with van der Waals surface area (Å²) in [6.45, 7) is 12.6. The molecule has 6 heteroatoms. The number of ether oxygens (including phenoxy) is 2. The van der Waals surface area contributed by atoms with Crippen LogP contribution in [0, 0.1) is 5.92 Å². The summed E-state index contributed by atoms with van der Waals surface area (Å²) in [6.07, 6.45) is 39.6. The molecule has 0 aromatic rings. The van der Waals surface area contributed by atoms with E-state index in [9.17, 15) is 14.7 Å². The van der Waals surface area contributed by atoms with E-state index >= 15 is 0 Å². The van der Waals surface area contributed by atoms with Crippen LogP contribution in [0.15, 0.2) is 0 Å². The first-order valence-electron chi connectivity index (χ1n) is 23.7. The Morgan fingerprint density at radius 2 is 0.887 bits per heavy atom. The van der Waals surface area contributed by atoms with Crippen LogP contribution < -0.4 is 0 Å². The zero-order valence-electron chi connectivity index (χ0n) is 36.3. The van der Waals surface area contributed by atoms with Crippen molar-refractivity contribution in [3.63, 3.8) is 0 Å². The summed E-state index contributed by atoms with van der Waals surface area (Å²) in [5, 5.41) is 9.58. The zero-order chi connectivity index (χ0) is 38.9. The highest BCUT2D eigenvalue weighted by molar-refractivity contribution is 5.69. The van der Waals surface area contributed by atoms with Gasteiger partial charge in [-0.3, -0.25) is 9.59 Å². The topological polar surface area (TPSA) is 76.1 Å². The molecule has 0 aliphatic rings. The normalized spacial score (nSPS) is 12.2. The minimum absolute atomic E-state index is 0.0142. The summed E-state index contributed by atoms with van der Waals surface area (Å²) in [5.41, 5.74) is 0. The van der Waals surface area contributed by atoms with Crippen molar-refractivity contribution in [2.45, 2.75) is 252 Å². The summed E-state index contributed by atoms with van der Waals surface area (Å²) in [4.78, 5) is 27.3. The molecule has 6 nitrogen and oxygen atoms in total. The van der Waals surface area contributed by atoms with Crippen molar-refractivity contribution in [2.24, 2.45) is 5.92 Å². The molecule has 0 saturated heterocycles. The van der Waals surface area contributed by atoms with Crippen LogP contribution in [0.25, 0.3) is 0 Å². The van der Waals surface area contributed by atoms with Crippen LogP contribution >= 0.6 is 0 Å². The lowest BCUT2D eigenvalue weighted by molar-refractivity contribution is -0.150.